The van der Waals surface area contributed by atoms with E-state index in [0.29, 0.717) is 0 Å². The van der Waals surface area contributed by atoms with Gasteiger partial charge in [0.25, 0.3) is 0 Å². The number of aromatic nitrogens is 3. The van der Waals surface area contributed by atoms with Gasteiger partial charge in [0, 0.05) is 30.2 Å². The Labute approximate surface area is 137 Å². The van der Waals surface area contributed by atoms with Gasteiger partial charge < -0.3 is 4.57 Å². The van der Waals surface area contributed by atoms with E-state index in [1.54, 1.807) is 6.20 Å². The summed E-state index contributed by atoms with van der Waals surface area (Å²) in [6, 6.07) is 14.4. The summed E-state index contributed by atoms with van der Waals surface area (Å²) in [7, 11) is 0. The zero-order valence-corrected chi connectivity index (χ0v) is 13.5. The van der Waals surface area contributed by atoms with E-state index in [1.807, 2.05) is 38.2 Å². The van der Waals surface area contributed by atoms with Crippen molar-refractivity contribution in [2.75, 3.05) is 0 Å². The topological polar surface area (TPSA) is 30.7 Å². The summed E-state index contributed by atoms with van der Waals surface area (Å²) in [5.41, 5.74) is 4.08. The molecule has 0 fully saturated rings. The number of rotatable bonds is 3. The van der Waals surface area contributed by atoms with Gasteiger partial charge in [-0.2, -0.15) is 0 Å². The van der Waals surface area contributed by atoms with Crippen molar-refractivity contribution in [2.24, 2.45) is 0 Å². The minimum atomic E-state index is 0.810. The second kappa shape index (κ2) is 6.93. The van der Waals surface area contributed by atoms with Crippen LogP contribution < -0.4 is 0 Å². The Balaban J connectivity index is 1.71. The van der Waals surface area contributed by atoms with Gasteiger partial charge in [-0.15, -0.1) is 0 Å². The molecule has 2 aromatic heterocycles. The highest BCUT2D eigenvalue weighted by Gasteiger charge is 2.02. The van der Waals surface area contributed by atoms with Gasteiger partial charge in [-0.1, -0.05) is 36.3 Å². The summed E-state index contributed by atoms with van der Waals surface area (Å²) in [5.74, 6) is 7.28. The number of aryl methyl sites for hydroxylation is 4. The molecule has 1 aromatic carbocycles. The molecule has 0 aliphatic carbocycles. The Morgan fingerprint density at radius 2 is 1.87 bits per heavy atom. The fraction of sp³-hybridized carbons (Fsp3) is 0.200. The van der Waals surface area contributed by atoms with Crippen LogP contribution in [0.1, 0.15) is 28.3 Å². The van der Waals surface area contributed by atoms with Gasteiger partial charge in [-0.3, -0.25) is 4.98 Å². The molecule has 23 heavy (non-hydrogen) atoms. The third kappa shape index (κ3) is 4.08. The maximum absolute atomic E-state index is 4.53. The molecule has 3 nitrogen and oxygen atoms in total. The van der Waals surface area contributed by atoms with E-state index in [1.165, 1.54) is 5.56 Å². The van der Waals surface area contributed by atoms with Crippen LogP contribution in [0.2, 0.25) is 0 Å². The Morgan fingerprint density at radius 3 is 2.65 bits per heavy atom. The van der Waals surface area contributed by atoms with Gasteiger partial charge in [0.15, 0.2) is 0 Å². The maximum Gasteiger partial charge on any atom is 0.131 e. The van der Waals surface area contributed by atoms with Crippen LogP contribution in [0.4, 0.5) is 0 Å². The first kappa shape index (κ1) is 15.1. The number of hydrogen-bond donors (Lipinski definition) is 0. The van der Waals surface area contributed by atoms with E-state index >= 15 is 0 Å². The lowest BCUT2D eigenvalue weighted by Crippen LogP contribution is -2.01. The third-order valence-electron chi connectivity index (χ3n) is 3.69. The van der Waals surface area contributed by atoms with Crippen LogP contribution in [0.3, 0.4) is 0 Å². The van der Waals surface area contributed by atoms with Crippen LogP contribution in [0, 0.1) is 25.7 Å². The van der Waals surface area contributed by atoms with Crippen LogP contribution in [0.25, 0.3) is 0 Å². The first-order valence-electron chi connectivity index (χ1n) is 7.73. The van der Waals surface area contributed by atoms with Gasteiger partial charge in [0.2, 0.25) is 0 Å². The SMILES string of the molecule is Cc1cc(C#Cc2cn(CCc3ccccc3)c(C)n2)ccn1. The van der Waals surface area contributed by atoms with Crippen LogP contribution in [-0.4, -0.2) is 14.5 Å². The van der Waals surface area contributed by atoms with Crippen LogP contribution in [0.15, 0.2) is 54.9 Å². The molecule has 0 radical (unpaired) electrons. The molecular weight excluding hydrogens is 282 g/mol. The van der Waals surface area contributed by atoms with Crippen molar-refractivity contribution in [2.45, 2.75) is 26.8 Å². The minimum absolute atomic E-state index is 0.810. The van der Waals surface area contributed by atoms with E-state index in [4.69, 9.17) is 0 Å². The first-order chi connectivity index (χ1) is 11.2. The van der Waals surface area contributed by atoms with Gasteiger partial charge in [-0.25, -0.2) is 4.98 Å². The van der Waals surface area contributed by atoms with E-state index in [2.05, 4.69) is 50.6 Å². The molecule has 0 unspecified atom stereocenters. The van der Waals surface area contributed by atoms with Crippen molar-refractivity contribution in [3.8, 4) is 11.8 Å². The molecule has 3 aromatic rings. The average molecular weight is 301 g/mol. The normalized spacial score (nSPS) is 10.2. The second-order valence-electron chi connectivity index (χ2n) is 5.54. The fourth-order valence-corrected chi connectivity index (χ4v) is 2.45. The smallest absolute Gasteiger partial charge is 0.131 e. The predicted molar refractivity (Wildman–Crippen MR) is 92.1 cm³/mol. The zero-order valence-electron chi connectivity index (χ0n) is 13.5. The Kier molecular flexibility index (Phi) is 4.54. The van der Waals surface area contributed by atoms with Crippen molar-refractivity contribution in [1.82, 2.24) is 14.5 Å². The summed E-state index contributed by atoms with van der Waals surface area (Å²) in [5, 5.41) is 0. The highest BCUT2D eigenvalue weighted by Crippen LogP contribution is 2.06. The molecule has 0 bridgehead atoms. The van der Waals surface area contributed by atoms with Crippen LogP contribution in [0.5, 0.6) is 0 Å². The van der Waals surface area contributed by atoms with Crippen molar-refractivity contribution < 1.29 is 0 Å². The molecule has 0 aliphatic rings. The van der Waals surface area contributed by atoms with E-state index < -0.39 is 0 Å². The van der Waals surface area contributed by atoms with Crippen LogP contribution >= 0.6 is 0 Å². The quantitative estimate of drug-likeness (QED) is 0.693. The van der Waals surface area contributed by atoms with Crippen molar-refractivity contribution in [3.05, 3.63) is 83.2 Å². The first-order valence-corrected chi connectivity index (χ1v) is 7.73. The maximum atomic E-state index is 4.53. The van der Waals surface area contributed by atoms with E-state index in [-0.39, 0.29) is 0 Å². The summed E-state index contributed by atoms with van der Waals surface area (Å²) in [4.78, 5) is 8.71. The van der Waals surface area contributed by atoms with Gasteiger partial charge >= 0.3 is 0 Å². The van der Waals surface area contributed by atoms with Gasteiger partial charge in [0.1, 0.15) is 11.5 Å². The Morgan fingerprint density at radius 1 is 1.04 bits per heavy atom. The summed E-state index contributed by atoms with van der Waals surface area (Å²) in [6.07, 6.45) is 4.80. The van der Waals surface area contributed by atoms with E-state index in [9.17, 15) is 0 Å². The van der Waals surface area contributed by atoms with Crippen LogP contribution in [-0.2, 0) is 13.0 Å². The van der Waals surface area contributed by atoms with Crippen molar-refractivity contribution in [3.63, 3.8) is 0 Å². The monoisotopic (exact) mass is 301 g/mol. The van der Waals surface area contributed by atoms with Gasteiger partial charge in [0.05, 0.1) is 0 Å². The summed E-state index contributed by atoms with van der Waals surface area (Å²) in [6.45, 7) is 4.90. The van der Waals surface area contributed by atoms with Gasteiger partial charge in [-0.05, 0) is 43.9 Å². The molecule has 3 heteroatoms. The molecule has 0 saturated heterocycles. The minimum Gasteiger partial charge on any atom is -0.333 e. The molecule has 114 valence electrons. The standard InChI is InChI=1S/C20H19N3/c1-16-14-19(10-12-21-16)8-9-20-15-23(17(2)22-20)13-11-18-6-4-3-5-7-18/h3-7,10,12,14-15H,11,13H2,1-2H3. The number of imidazole rings is 1. The van der Waals surface area contributed by atoms with Crippen molar-refractivity contribution in [1.29, 1.82) is 0 Å². The van der Waals surface area contributed by atoms with E-state index in [0.717, 1.165) is 35.7 Å². The molecule has 3 rings (SSSR count). The summed E-state index contributed by atoms with van der Waals surface area (Å²) < 4.78 is 2.16. The molecule has 2 heterocycles. The largest absolute Gasteiger partial charge is 0.333 e. The molecule has 0 atom stereocenters. The Bertz CT molecular complexity index is 851. The third-order valence-corrected chi connectivity index (χ3v) is 3.69. The number of nitrogens with zero attached hydrogens (tertiary/aromatic N) is 3. The fourth-order valence-electron chi connectivity index (χ4n) is 2.45. The molecule has 0 amide bonds. The number of benzene rings is 1. The highest BCUT2D eigenvalue weighted by molar-refractivity contribution is 5.39. The lowest BCUT2D eigenvalue weighted by molar-refractivity contribution is 0.673. The average Bonchev–Trinajstić information content (AvgIpc) is 2.92. The van der Waals surface area contributed by atoms with Crippen molar-refractivity contribution >= 4 is 0 Å². The lowest BCUT2D eigenvalue weighted by Gasteiger charge is -2.04. The molecule has 0 spiro atoms. The zero-order chi connectivity index (χ0) is 16.1. The molecule has 0 N–H and O–H groups in total. The number of pyridine rings is 1. The molecular formula is C20H19N3. The molecule has 0 saturated carbocycles. The number of hydrogen-bond acceptors (Lipinski definition) is 2. The summed E-state index contributed by atoms with van der Waals surface area (Å²) >= 11 is 0. The highest BCUT2D eigenvalue weighted by atomic mass is 15.1. The molecule has 0 aliphatic heterocycles. The predicted octanol–water partition coefficient (Wildman–Crippen LogP) is 3.54. The Hall–Kier alpha value is -2.86. The second-order valence-corrected chi connectivity index (χ2v) is 5.54. The lowest BCUT2D eigenvalue weighted by atomic mass is 10.1.